The Bertz CT molecular complexity index is 470. The van der Waals surface area contributed by atoms with E-state index in [0.29, 0.717) is 0 Å². The van der Waals surface area contributed by atoms with Crippen molar-refractivity contribution in [1.82, 2.24) is 9.78 Å². The van der Waals surface area contributed by atoms with Crippen LogP contribution in [0.25, 0.3) is 0 Å². The molecule has 1 unspecified atom stereocenters. The van der Waals surface area contributed by atoms with Crippen molar-refractivity contribution in [2.45, 2.75) is 13.0 Å². The number of rotatable bonds is 6. The van der Waals surface area contributed by atoms with Crippen molar-refractivity contribution < 1.29 is 19.6 Å². The van der Waals surface area contributed by atoms with E-state index in [-0.39, 0.29) is 23.8 Å². The molecule has 0 spiro atoms. The Morgan fingerprint density at radius 3 is 2.78 bits per heavy atom. The van der Waals surface area contributed by atoms with Crippen LogP contribution in [0.4, 0.5) is 11.5 Å². The second-order valence-electron chi connectivity index (χ2n) is 3.65. The van der Waals surface area contributed by atoms with E-state index >= 15 is 0 Å². The third-order valence-electron chi connectivity index (χ3n) is 2.32. The number of carbonyl (C=O) groups is 1. The standard InChI is InChI=1S/C9H14N4O5/c1-5-7(13(16)17)8(12(2)11-5)10-6(4-18-3)9(14)15/h6,10H,4H2,1-3H3,(H,14,15). The lowest BCUT2D eigenvalue weighted by Crippen LogP contribution is -2.34. The molecular formula is C9H14N4O5. The summed E-state index contributed by atoms with van der Waals surface area (Å²) in [7, 11) is 2.84. The van der Waals surface area contributed by atoms with Crippen molar-refractivity contribution >= 4 is 17.5 Å². The normalized spacial score (nSPS) is 12.2. The highest BCUT2D eigenvalue weighted by Gasteiger charge is 2.28. The van der Waals surface area contributed by atoms with E-state index in [1.807, 2.05) is 0 Å². The number of aromatic nitrogens is 2. The predicted molar refractivity (Wildman–Crippen MR) is 61.5 cm³/mol. The Balaban J connectivity index is 3.09. The molecule has 0 aliphatic carbocycles. The minimum atomic E-state index is -1.16. The molecular weight excluding hydrogens is 244 g/mol. The summed E-state index contributed by atoms with van der Waals surface area (Å²) in [6.45, 7) is 1.37. The number of aliphatic carboxylic acids is 1. The molecule has 1 rings (SSSR count). The third kappa shape index (κ3) is 2.74. The van der Waals surface area contributed by atoms with Gasteiger partial charge in [-0.15, -0.1) is 0 Å². The number of carboxylic acid groups (broad SMARTS) is 1. The Labute approximate surface area is 103 Å². The largest absolute Gasteiger partial charge is 0.480 e. The zero-order chi connectivity index (χ0) is 13.9. The summed E-state index contributed by atoms with van der Waals surface area (Å²) in [6.07, 6.45) is 0. The van der Waals surface area contributed by atoms with Gasteiger partial charge >= 0.3 is 11.7 Å². The van der Waals surface area contributed by atoms with Gasteiger partial charge in [0.05, 0.1) is 11.5 Å². The van der Waals surface area contributed by atoms with Gasteiger partial charge in [-0.05, 0) is 6.92 Å². The van der Waals surface area contributed by atoms with E-state index in [0.717, 1.165) is 0 Å². The van der Waals surface area contributed by atoms with Crippen molar-refractivity contribution in [3.8, 4) is 0 Å². The van der Waals surface area contributed by atoms with Crippen LogP contribution in [0.2, 0.25) is 0 Å². The number of aryl methyl sites for hydroxylation is 2. The van der Waals surface area contributed by atoms with Gasteiger partial charge in [0.25, 0.3) is 0 Å². The summed E-state index contributed by atoms with van der Waals surface area (Å²) in [4.78, 5) is 21.2. The fourth-order valence-electron chi connectivity index (χ4n) is 1.53. The lowest BCUT2D eigenvalue weighted by molar-refractivity contribution is -0.384. The molecule has 9 nitrogen and oxygen atoms in total. The molecule has 1 heterocycles. The molecule has 1 aromatic heterocycles. The zero-order valence-corrected chi connectivity index (χ0v) is 10.2. The summed E-state index contributed by atoms with van der Waals surface area (Å²) >= 11 is 0. The molecule has 0 amide bonds. The van der Waals surface area contributed by atoms with Crippen LogP contribution in [0.1, 0.15) is 5.69 Å². The number of nitro groups is 1. The molecule has 0 bridgehead atoms. The monoisotopic (exact) mass is 258 g/mol. The highest BCUT2D eigenvalue weighted by Crippen LogP contribution is 2.27. The highest BCUT2D eigenvalue weighted by atomic mass is 16.6. The molecule has 100 valence electrons. The number of hydrogen-bond acceptors (Lipinski definition) is 6. The number of ether oxygens (including phenoxy) is 1. The van der Waals surface area contributed by atoms with Gasteiger partial charge in [-0.1, -0.05) is 0 Å². The molecule has 0 aliphatic heterocycles. The lowest BCUT2D eigenvalue weighted by atomic mass is 10.3. The van der Waals surface area contributed by atoms with Gasteiger partial charge in [-0.3, -0.25) is 10.1 Å². The van der Waals surface area contributed by atoms with Crippen LogP contribution in [0.3, 0.4) is 0 Å². The fraction of sp³-hybridized carbons (Fsp3) is 0.556. The first-order valence-electron chi connectivity index (χ1n) is 5.04. The Morgan fingerprint density at radius 1 is 1.72 bits per heavy atom. The van der Waals surface area contributed by atoms with Crippen molar-refractivity contribution in [2.24, 2.45) is 7.05 Å². The second kappa shape index (κ2) is 5.45. The lowest BCUT2D eigenvalue weighted by Gasteiger charge is -2.13. The average Bonchev–Trinajstić information content (AvgIpc) is 2.52. The predicted octanol–water partition coefficient (Wildman–Crippen LogP) is 0.148. The van der Waals surface area contributed by atoms with E-state index in [1.54, 1.807) is 0 Å². The molecule has 0 saturated carbocycles. The molecule has 0 aliphatic rings. The van der Waals surface area contributed by atoms with Gasteiger partial charge in [0.2, 0.25) is 5.82 Å². The first kappa shape index (κ1) is 13.9. The van der Waals surface area contributed by atoms with Gasteiger partial charge in [0.1, 0.15) is 11.7 Å². The molecule has 1 aromatic rings. The van der Waals surface area contributed by atoms with Crippen LogP contribution in [0.15, 0.2) is 0 Å². The number of methoxy groups -OCH3 is 1. The average molecular weight is 258 g/mol. The summed E-state index contributed by atoms with van der Waals surface area (Å²) in [6, 6.07) is -1.08. The third-order valence-corrected chi connectivity index (χ3v) is 2.32. The molecule has 0 radical (unpaired) electrons. The van der Waals surface area contributed by atoms with Crippen molar-refractivity contribution in [3.63, 3.8) is 0 Å². The minimum absolute atomic E-state index is 0.0435. The van der Waals surface area contributed by atoms with Gasteiger partial charge in [-0.25, -0.2) is 9.48 Å². The summed E-state index contributed by atoms with van der Waals surface area (Å²) in [5, 5.41) is 26.3. The van der Waals surface area contributed by atoms with Crippen LogP contribution in [-0.2, 0) is 16.6 Å². The molecule has 2 N–H and O–H groups in total. The minimum Gasteiger partial charge on any atom is -0.480 e. The van der Waals surface area contributed by atoms with Crippen molar-refractivity contribution in [1.29, 1.82) is 0 Å². The zero-order valence-electron chi connectivity index (χ0n) is 10.2. The summed E-state index contributed by atoms with van der Waals surface area (Å²) in [5.74, 6) is -1.12. The van der Waals surface area contributed by atoms with Crippen molar-refractivity contribution in [3.05, 3.63) is 15.8 Å². The quantitative estimate of drug-likeness (QED) is 0.550. The smallest absolute Gasteiger partial charge is 0.333 e. The van der Waals surface area contributed by atoms with E-state index < -0.39 is 16.9 Å². The molecule has 0 fully saturated rings. The first-order valence-corrected chi connectivity index (χ1v) is 5.04. The number of carboxylic acids is 1. The van der Waals surface area contributed by atoms with Gasteiger partial charge in [0, 0.05) is 14.2 Å². The number of anilines is 1. The van der Waals surface area contributed by atoms with Gasteiger partial charge < -0.3 is 15.2 Å². The van der Waals surface area contributed by atoms with E-state index in [9.17, 15) is 14.9 Å². The second-order valence-corrected chi connectivity index (χ2v) is 3.65. The molecule has 1 atom stereocenters. The fourth-order valence-corrected chi connectivity index (χ4v) is 1.53. The van der Waals surface area contributed by atoms with Crippen LogP contribution >= 0.6 is 0 Å². The van der Waals surface area contributed by atoms with E-state index in [2.05, 4.69) is 10.4 Å². The summed E-state index contributed by atoms with van der Waals surface area (Å²) < 4.78 is 5.98. The van der Waals surface area contributed by atoms with E-state index in [4.69, 9.17) is 9.84 Å². The molecule has 0 saturated heterocycles. The van der Waals surface area contributed by atoms with E-state index in [1.165, 1.54) is 25.8 Å². The maximum absolute atomic E-state index is 11.0. The maximum atomic E-state index is 11.0. The molecule has 9 heteroatoms. The number of nitrogens with zero attached hydrogens (tertiary/aromatic N) is 3. The molecule has 0 aromatic carbocycles. The van der Waals surface area contributed by atoms with Crippen LogP contribution < -0.4 is 5.32 Å². The van der Waals surface area contributed by atoms with Crippen molar-refractivity contribution in [2.75, 3.05) is 19.0 Å². The van der Waals surface area contributed by atoms with Gasteiger partial charge in [0.15, 0.2) is 0 Å². The first-order chi connectivity index (χ1) is 8.38. The number of hydrogen-bond donors (Lipinski definition) is 2. The topological polar surface area (TPSA) is 120 Å². The Kier molecular flexibility index (Phi) is 4.21. The number of nitrogens with one attached hydrogen (secondary N) is 1. The highest BCUT2D eigenvalue weighted by molar-refractivity contribution is 5.78. The van der Waals surface area contributed by atoms with Crippen LogP contribution in [0, 0.1) is 17.0 Å². The molecule has 18 heavy (non-hydrogen) atoms. The van der Waals surface area contributed by atoms with Crippen LogP contribution in [-0.4, -0.2) is 45.5 Å². The Morgan fingerprint density at radius 2 is 2.33 bits per heavy atom. The van der Waals surface area contributed by atoms with Crippen LogP contribution in [0.5, 0.6) is 0 Å². The SMILES string of the molecule is COCC(Nc1c([N+](=O)[O-])c(C)nn1C)C(=O)O. The Hall–Kier alpha value is -2.16. The maximum Gasteiger partial charge on any atom is 0.333 e. The summed E-state index contributed by atoms with van der Waals surface area (Å²) in [5.41, 5.74) is -0.0218. The van der Waals surface area contributed by atoms with Gasteiger partial charge in [-0.2, -0.15) is 5.10 Å².